The first-order chi connectivity index (χ1) is 9.31. The SMILES string of the molecule is N#COc1c(C2=CCNC=C2)cc(F)c2c1CCC2. The Kier molecular flexibility index (Phi) is 2.96. The molecule has 96 valence electrons. The normalized spacial score (nSPS) is 16.3. The van der Waals surface area contributed by atoms with E-state index in [1.165, 1.54) is 6.07 Å². The van der Waals surface area contributed by atoms with E-state index in [0.29, 0.717) is 23.4 Å². The molecular formula is C15H13FN2O. The van der Waals surface area contributed by atoms with Crippen molar-refractivity contribution in [1.29, 1.82) is 5.26 Å². The molecule has 1 N–H and O–H groups in total. The van der Waals surface area contributed by atoms with Gasteiger partial charge in [-0.25, -0.2) is 4.39 Å². The average molecular weight is 256 g/mol. The Balaban J connectivity index is 2.18. The number of allylic oxidation sites excluding steroid dienone is 2. The number of hydrogen-bond donors (Lipinski definition) is 1. The molecule has 2 aliphatic rings. The molecule has 0 radical (unpaired) electrons. The third-order valence-electron chi connectivity index (χ3n) is 3.58. The molecule has 4 heteroatoms. The number of halogens is 1. The Bertz CT molecular complexity index is 626. The highest BCUT2D eigenvalue weighted by molar-refractivity contribution is 5.80. The van der Waals surface area contributed by atoms with Crippen molar-refractivity contribution in [2.45, 2.75) is 19.3 Å². The number of hydrogen-bond acceptors (Lipinski definition) is 3. The van der Waals surface area contributed by atoms with Crippen LogP contribution in [0.25, 0.3) is 5.57 Å². The number of nitriles is 1. The topological polar surface area (TPSA) is 45.0 Å². The van der Waals surface area contributed by atoms with Crippen LogP contribution in [0.1, 0.15) is 23.1 Å². The Hall–Kier alpha value is -2.28. The summed E-state index contributed by atoms with van der Waals surface area (Å²) in [6, 6.07) is 1.48. The van der Waals surface area contributed by atoms with E-state index in [4.69, 9.17) is 10.00 Å². The maximum absolute atomic E-state index is 14.1. The van der Waals surface area contributed by atoms with Crippen molar-refractivity contribution in [1.82, 2.24) is 5.32 Å². The number of dihydropyridines is 1. The van der Waals surface area contributed by atoms with Crippen LogP contribution in [-0.2, 0) is 12.8 Å². The van der Waals surface area contributed by atoms with Gasteiger partial charge in [-0.2, -0.15) is 0 Å². The Morgan fingerprint density at radius 1 is 1.32 bits per heavy atom. The van der Waals surface area contributed by atoms with Crippen molar-refractivity contribution in [2.75, 3.05) is 6.54 Å². The molecule has 1 aromatic carbocycles. The fourth-order valence-electron chi connectivity index (χ4n) is 2.73. The van der Waals surface area contributed by atoms with E-state index in [1.807, 2.05) is 18.4 Å². The molecule has 0 atom stereocenters. The lowest BCUT2D eigenvalue weighted by atomic mass is 9.97. The van der Waals surface area contributed by atoms with Gasteiger partial charge in [0.2, 0.25) is 0 Å². The number of rotatable bonds is 2. The van der Waals surface area contributed by atoms with E-state index in [9.17, 15) is 4.39 Å². The third kappa shape index (κ3) is 1.97. The molecule has 0 amide bonds. The summed E-state index contributed by atoms with van der Waals surface area (Å²) < 4.78 is 19.3. The summed E-state index contributed by atoms with van der Waals surface area (Å²) in [4.78, 5) is 0. The number of nitrogens with one attached hydrogen (secondary N) is 1. The summed E-state index contributed by atoms with van der Waals surface area (Å²) in [6.07, 6.45) is 9.77. The van der Waals surface area contributed by atoms with Crippen LogP contribution in [-0.4, -0.2) is 6.54 Å². The van der Waals surface area contributed by atoms with Gasteiger partial charge in [-0.05, 0) is 48.7 Å². The highest BCUT2D eigenvalue weighted by Crippen LogP contribution is 2.39. The maximum Gasteiger partial charge on any atom is 0.292 e. The molecule has 0 saturated carbocycles. The molecule has 0 spiro atoms. The van der Waals surface area contributed by atoms with Gasteiger partial charge in [-0.3, -0.25) is 0 Å². The molecule has 3 rings (SSSR count). The van der Waals surface area contributed by atoms with Gasteiger partial charge < -0.3 is 10.1 Å². The largest absolute Gasteiger partial charge is 0.387 e. The molecule has 1 aliphatic heterocycles. The second-order valence-electron chi connectivity index (χ2n) is 4.64. The van der Waals surface area contributed by atoms with E-state index < -0.39 is 0 Å². The number of fused-ring (bicyclic) bond motifs is 1. The predicted octanol–water partition coefficient (Wildman–Crippen LogP) is 2.67. The van der Waals surface area contributed by atoms with Crippen LogP contribution in [0.15, 0.2) is 24.4 Å². The first kappa shape index (κ1) is 11.8. The standard InChI is InChI=1S/C15H13FN2O/c16-14-8-13(10-4-6-18-7-5-10)15(19-9-17)12-3-1-2-11(12)14/h4-6,8,18H,1-3,7H2. The summed E-state index contributed by atoms with van der Waals surface area (Å²) in [5, 5.41) is 11.9. The fourth-order valence-corrected chi connectivity index (χ4v) is 2.73. The van der Waals surface area contributed by atoms with Crippen LogP contribution in [0.2, 0.25) is 0 Å². The zero-order valence-corrected chi connectivity index (χ0v) is 10.4. The van der Waals surface area contributed by atoms with Gasteiger partial charge in [-0.1, -0.05) is 6.08 Å². The second kappa shape index (κ2) is 4.77. The molecule has 19 heavy (non-hydrogen) atoms. The summed E-state index contributed by atoms with van der Waals surface area (Å²) in [5.41, 5.74) is 3.10. The Morgan fingerprint density at radius 2 is 2.16 bits per heavy atom. The van der Waals surface area contributed by atoms with Gasteiger partial charge in [0.1, 0.15) is 5.82 Å². The zero-order valence-electron chi connectivity index (χ0n) is 10.4. The summed E-state index contributed by atoms with van der Waals surface area (Å²) in [7, 11) is 0. The van der Waals surface area contributed by atoms with Crippen LogP contribution >= 0.6 is 0 Å². The number of ether oxygens (including phenoxy) is 1. The first-order valence-electron chi connectivity index (χ1n) is 6.32. The van der Waals surface area contributed by atoms with Crippen LogP contribution in [0, 0.1) is 17.3 Å². The van der Waals surface area contributed by atoms with Crippen molar-refractivity contribution in [2.24, 2.45) is 0 Å². The van der Waals surface area contributed by atoms with E-state index in [2.05, 4.69) is 5.32 Å². The van der Waals surface area contributed by atoms with Crippen LogP contribution in [0.4, 0.5) is 4.39 Å². The summed E-state index contributed by atoms with van der Waals surface area (Å²) in [5.74, 6) is 0.329. The molecule has 3 nitrogen and oxygen atoms in total. The monoisotopic (exact) mass is 256 g/mol. The minimum atomic E-state index is -0.194. The Morgan fingerprint density at radius 3 is 2.89 bits per heavy atom. The van der Waals surface area contributed by atoms with Crippen molar-refractivity contribution >= 4 is 5.57 Å². The van der Waals surface area contributed by atoms with Gasteiger partial charge in [-0.15, -0.1) is 5.26 Å². The van der Waals surface area contributed by atoms with Crippen LogP contribution < -0.4 is 10.1 Å². The lowest BCUT2D eigenvalue weighted by Crippen LogP contribution is -2.09. The fraction of sp³-hybridized carbons (Fsp3) is 0.267. The van der Waals surface area contributed by atoms with Gasteiger partial charge in [0.05, 0.1) is 0 Å². The molecule has 0 unspecified atom stereocenters. The van der Waals surface area contributed by atoms with Gasteiger partial charge in [0.25, 0.3) is 6.26 Å². The van der Waals surface area contributed by atoms with Crippen LogP contribution in [0.3, 0.4) is 0 Å². The summed E-state index contributed by atoms with van der Waals surface area (Å²) in [6.45, 7) is 0.691. The van der Waals surface area contributed by atoms with Crippen molar-refractivity contribution in [3.8, 4) is 12.0 Å². The van der Waals surface area contributed by atoms with Crippen molar-refractivity contribution in [3.63, 3.8) is 0 Å². The number of benzene rings is 1. The van der Waals surface area contributed by atoms with E-state index in [0.717, 1.165) is 30.4 Å². The maximum atomic E-state index is 14.1. The molecule has 0 aromatic heterocycles. The van der Waals surface area contributed by atoms with Crippen molar-refractivity contribution < 1.29 is 9.13 Å². The lowest BCUT2D eigenvalue weighted by molar-refractivity contribution is 0.496. The molecule has 1 aromatic rings. The molecule has 0 fully saturated rings. The molecule has 0 saturated heterocycles. The molecule has 1 aliphatic carbocycles. The van der Waals surface area contributed by atoms with Crippen molar-refractivity contribution in [3.05, 3.63) is 46.9 Å². The molecule has 0 bridgehead atoms. The minimum Gasteiger partial charge on any atom is -0.387 e. The molecule has 1 heterocycles. The second-order valence-corrected chi connectivity index (χ2v) is 4.64. The smallest absolute Gasteiger partial charge is 0.292 e. The van der Waals surface area contributed by atoms with E-state index in [-0.39, 0.29) is 5.82 Å². The van der Waals surface area contributed by atoms with E-state index >= 15 is 0 Å². The summed E-state index contributed by atoms with van der Waals surface area (Å²) >= 11 is 0. The lowest BCUT2D eigenvalue weighted by Gasteiger charge is -2.15. The minimum absolute atomic E-state index is 0.194. The quantitative estimate of drug-likeness (QED) is 0.827. The first-order valence-corrected chi connectivity index (χ1v) is 6.32. The van der Waals surface area contributed by atoms with Crippen LogP contribution in [0.5, 0.6) is 5.75 Å². The average Bonchev–Trinajstić information content (AvgIpc) is 2.93. The molecular weight excluding hydrogens is 243 g/mol. The highest BCUT2D eigenvalue weighted by Gasteiger charge is 2.24. The highest BCUT2D eigenvalue weighted by atomic mass is 19.1. The zero-order chi connectivity index (χ0) is 13.2. The Labute approximate surface area is 111 Å². The predicted molar refractivity (Wildman–Crippen MR) is 69.8 cm³/mol. The number of nitrogens with zero attached hydrogens (tertiary/aromatic N) is 1. The van der Waals surface area contributed by atoms with Gasteiger partial charge >= 0.3 is 0 Å². The third-order valence-corrected chi connectivity index (χ3v) is 3.58. The van der Waals surface area contributed by atoms with Gasteiger partial charge in [0.15, 0.2) is 5.75 Å². The van der Waals surface area contributed by atoms with Gasteiger partial charge in [0, 0.05) is 17.7 Å². The van der Waals surface area contributed by atoms with E-state index in [1.54, 1.807) is 6.26 Å².